The molecule has 4 rings (SSSR count). The number of anilines is 1. The zero-order chi connectivity index (χ0) is 23.2. The molecule has 0 aliphatic carbocycles. The van der Waals surface area contributed by atoms with Gasteiger partial charge in [-0.1, -0.05) is 68.1 Å². The largest absolute Gasteiger partial charge is 0.469 e. The third-order valence-electron chi connectivity index (χ3n) is 5.71. The van der Waals surface area contributed by atoms with Gasteiger partial charge in [0.05, 0.1) is 24.1 Å². The van der Waals surface area contributed by atoms with Crippen molar-refractivity contribution in [2.24, 2.45) is 0 Å². The molecule has 170 valence electrons. The molecule has 0 radical (unpaired) electrons. The van der Waals surface area contributed by atoms with Crippen molar-refractivity contribution in [3.05, 3.63) is 83.8 Å². The molecule has 1 unspecified atom stereocenters. The summed E-state index contributed by atoms with van der Waals surface area (Å²) in [6.45, 7) is 6.89. The summed E-state index contributed by atoms with van der Waals surface area (Å²) in [6, 6.07) is 20.1. The van der Waals surface area contributed by atoms with Crippen LogP contribution < -0.4 is 5.32 Å². The summed E-state index contributed by atoms with van der Waals surface area (Å²) in [5.41, 5.74) is 4.11. The Labute approximate surface area is 198 Å². The van der Waals surface area contributed by atoms with Crippen LogP contribution in [0.15, 0.2) is 76.5 Å². The molecule has 1 atom stereocenters. The van der Waals surface area contributed by atoms with Gasteiger partial charge in [-0.25, -0.2) is 0 Å². The molecule has 2 aromatic carbocycles. The van der Waals surface area contributed by atoms with E-state index in [1.165, 1.54) is 17.3 Å². The van der Waals surface area contributed by atoms with E-state index in [9.17, 15) is 4.79 Å². The number of thioether (sulfide) groups is 1. The Morgan fingerprint density at radius 2 is 1.85 bits per heavy atom. The Kier molecular flexibility index (Phi) is 7.29. The summed E-state index contributed by atoms with van der Waals surface area (Å²) in [6.07, 6.45) is 2.74. The van der Waals surface area contributed by atoms with Crippen LogP contribution in [0.3, 0.4) is 0 Å². The predicted octanol–water partition coefficient (Wildman–Crippen LogP) is 6.14. The zero-order valence-electron chi connectivity index (χ0n) is 19.1. The van der Waals surface area contributed by atoms with Gasteiger partial charge in [-0.05, 0) is 48.6 Å². The normalized spacial score (nSPS) is 12.0. The van der Waals surface area contributed by atoms with Crippen LogP contribution in [-0.2, 0) is 11.3 Å². The number of aryl methyl sites for hydroxylation is 1. The van der Waals surface area contributed by atoms with Crippen LogP contribution in [0.1, 0.15) is 43.1 Å². The summed E-state index contributed by atoms with van der Waals surface area (Å²) in [5.74, 6) is 2.19. The molecule has 2 aromatic heterocycles. The van der Waals surface area contributed by atoms with Crippen LogP contribution in [0.25, 0.3) is 11.4 Å². The number of nitrogens with zero attached hydrogens (tertiary/aromatic N) is 3. The second kappa shape index (κ2) is 10.5. The maximum atomic E-state index is 12.6. The van der Waals surface area contributed by atoms with Crippen molar-refractivity contribution in [2.75, 3.05) is 11.1 Å². The lowest BCUT2D eigenvalue weighted by molar-refractivity contribution is -0.113. The lowest BCUT2D eigenvalue weighted by Crippen LogP contribution is -2.15. The van der Waals surface area contributed by atoms with Crippen molar-refractivity contribution in [2.45, 2.75) is 44.8 Å². The third-order valence-corrected chi connectivity index (χ3v) is 6.68. The van der Waals surface area contributed by atoms with E-state index in [1.807, 2.05) is 47.9 Å². The molecule has 0 aliphatic heterocycles. The van der Waals surface area contributed by atoms with Gasteiger partial charge < -0.3 is 9.73 Å². The number of hydrogen-bond donors (Lipinski definition) is 1. The number of benzene rings is 2. The third kappa shape index (κ3) is 5.54. The van der Waals surface area contributed by atoms with E-state index < -0.39 is 0 Å². The predicted molar refractivity (Wildman–Crippen MR) is 133 cm³/mol. The van der Waals surface area contributed by atoms with Crippen molar-refractivity contribution >= 4 is 23.4 Å². The Morgan fingerprint density at radius 1 is 1.09 bits per heavy atom. The first kappa shape index (κ1) is 22.9. The maximum Gasteiger partial charge on any atom is 0.234 e. The molecule has 1 N–H and O–H groups in total. The molecule has 6 nitrogen and oxygen atoms in total. The minimum Gasteiger partial charge on any atom is -0.469 e. The molecule has 33 heavy (non-hydrogen) atoms. The van der Waals surface area contributed by atoms with Gasteiger partial charge in [0.2, 0.25) is 5.91 Å². The van der Waals surface area contributed by atoms with Gasteiger partial charge in [-0.3, -0.25) is 9.36 Å². The van der Waals surface area contributed by atoms with Crippen molar-refractivity contribution in [1.29, 1.82) is 0 Å². The van der Waals surface area contributed by atoms with Crippen LogP contribution in [-0.4, -0.2) is 26.4 Å². The van der Waals surface area contributed by atoms with E-state index >= 15 is 0 Å². The number of rotatable bonds is 9. The highest BCUT2D eigenvalue weighted by atomic mass is 32.2. The van der Waals surface area contributed by atoms with Crippen LogP contribution in [0.4, 0.5) is 5.69 Å². The number of carbonyl (C=O) groups is 1. The molecule has 2 heterocycles. The fourth-order valence-electron chi connectivity index (χ4n) is 3.58. The van der Waals surface area contributed by atoms with E-state index in [0.717, 1.165) is 34.8 Å². The van der Waals surface area contributed by atoms with Crippen molar-refractivity contribution in [3.8, 4) is 11.4 Å². The van der Waals surface area contributed by atoms with Gasteiger partial charge >= 0.3 is 0 Å². The quantitative estimate of drug-likeness (QED) is 0.304. The smallest absolute Gasteiger partial charge is 0.234 e. The molecule has 0 saturated heterocycles. The molecule has 0 bridgehead atoms. The molecular formula is C26H28N4O2S. The van der Waals surface area contributed by atoms with Crippen LogP contribution in [0.2, 0.25) is 0 Å². The topological polar surface area (TPSA) is 73.0 Å². The number of hydrogen-bond acceptors (Lipinski definition) is 5. The summed E-state index contributed by atoms with van der Waals surface area (Å²) < 4.78 is 7.51. The van der Waals surface area contributed by atoms with E-state index in [4.69, 9.17) is 4.42 Å². The standard InChI is InChI=1S/C26H28N4O2S/c1-4-18(2)21-10-12-22(13-11-21)27-24(31)17-33-26-29-28-25(23-14-15-32-19(23)3)30(26)16-20-8-6-5-7-9-20/h5-15,18H,4,16-17H2,1-3H3,(H,27,31). The van der Waals surface area contributed by atoms with Gasteiger partial charge in [0.15, 0.2) is 11.0 Å². The number of amides is 1. The van der Waals surface area contributed by atoms with Gasteiger partial charge in [-0.2, -0.15) is 0 Å². The fraction of sp³-hybridized carbons (Fsp3) is 0.269. The summed E-state index contributed by atoms with van der Waals surface area (Å²) in [7, 11) is 0. The van der Waals surface area contributed by atoms with Crippen molar-refractivity contribution in [3.63, 3.8) is 0 Å². The molecule has 0 aliphatic rings. The van der Waals surface area contributed by atoms with Crippen LogP contribution in [0.5, 0.6) is 0 Å². The van der Waals surface area contributed by atoms with Crippen LogP contribution in [0, 0.1) is 6.92 Å². The summed E-state index contributed by atoms with van der Waals surface area (Å²) >= 11 is 1.38. The Balaban J connectivity index is 1.47. The Morgan fingerprint density at radius 3 is 2.52 bits per heavy atom. The van der Waals surface area contributed by atoms with Crippen molar-refractivity contribution < 1.29 is 9.21 Å². The Hall–Kier alpha value is -3.32. The first-order valence-electron chi connectivity index (χ1n) is 11.1. The second-order valence-electron chi connectivity index (χ2n) is 8.04. The highest BCUT2D eigenvalue weighted by Crippen LogP contribution is 2.28. The first-order chi connectivity index (χ1) is 16.0. The number of nitrogens with one attached hydrogen (secondary N) is 1. The maximum absolute atomic E-state index is 12.6. The summed E-state index contributed by atoms with van der Waals surface area (Å²) in [4.78, 5) is 12.6. The molecule has 0 fully saturated rings. The van der Waals surface area contributed by atoms with Gasteiger partial charge in [0.1, 0.15) is 5.76 Å². The van der Waals surface area contributed by atoms with Crippen molar-refractivity contribution in [1.82, 2.24) is 14.8 Å². The molecule has 4 aromatic rings. The molecule has 0 spiro atoms. The van der Waals surface area contributed by atoms with E-state index in [-0.39, 0.29) is 11.7 Å². The minimum atomic E-state index is -0.0772. The average molecular weight is 461 g/mol. The molecule has 0 saturated carbocycles. The highest BCUT2D eigenvalue weighted by Gasteiger charge is 2.19. The fourth-order valence-corrected chi connectivity index (χ4v) is 4.32. The van der Waals surface area contributed by atoms with E-state index in [1.54, 1.807) is 6.26 Å². The van der Waals surface area contributed by atoms with Gasteiger partial charge in [0, 0.05) is 5.69 Å². The lowest BCUT2D eigenvalue weighted by Gasteiger charge is -2.11. The monoisotopic (exact) mass is 460 g/mol. The first-order valence-corrected chi connectivity index (χ1v) is 12.1. The van der Waals surface area contributed by atoms with Gasteiger partial charge in [0.25, 0.3) is 0 Å². The SMILES string of the molecule is CCC(C)c1ccc(NC(=O)CSc2nnc(-c3ccoc3C)n2Cc2ccccc2)cc1. The molecule has 1 amide bonds. The Bertz CT molecular complexity index is 1200. The number of carbonyl (C=O) groups excluding carboxylic acids is 1. The molecular weight excluding hydrogens is 432 g/mol. The minimum absolute atomic E-state index is 0.0772. The van der Waals surface area contributed by atoms with E-state index in [2.05, 4.69) is 53.6 Å². The van der Waals surface area contributed by atoms with Gasteiger partial charge in [-0.15, -0.1) is 10.2 Å². The second-order valence-corrected chi connectivity index (χ2v) is 8.98. The van der Waals surface area contributed by atoms with E-state index in [0.29, 0.717) is 17.6 Å². The summed E-state index contributed by atoms with van der Waals surface area (Å²) in [5, 5.41) is 12.5. The zero-order valence-corrected chi connectivity index (χ0v) is 19.9. The highest BCUT2D eigenvalue weighted by molar-refractivity contribution is 7.99. The molecule has 7 heteroatoms. The van der Waals surface area contributed by atoms with Crippen LogP contribution >= 0.6 is 11.8 Å². The number of aromatic nitrogens is 3. The lowest BCUT2D eigenvalue weighted by atomic mass is 9.99. The number of furan rings is 1. The average Bonchev–Trinajstić information content (AvgIpc) is 3.43.